The van der Waals surface area contributed by atoms with E-state index in [4.69, 9.17) is 10.8 Å². The van der Waals surface area contributed by atoms with E-state index in [9.17, 15) is 18.4 Å². The summed E-state index contributed by atoms with van der Waals surface area (Å²) in [5, 5.41) is 11.8. The molecule has 0 aliphatic heterocycles. The maximum Gasteiger partial charge on any atom is 0.313 e. The number of nitrogens with zero attached hydrogens (tertiary/aromatic N) is 1. The van der Waals surface area contributed by atoms with Gasteiger partial charge in [0, 0.05) is 12.7 Å². The third-order valence-corrected chi connectivity index (χ3v) is 4.46. The number of hydrogen-bond acceptors (Lipinski definition) is 4. The fraction of sp³-hybridized carbons (Fsp3) is 0.450. The van der Waals surface area contributed by atoms with E-state index < -0.39 is 29.6 Å². The molecule has 8 heteroatoms. The highest BCUT2D eigenvalue weighted by atomic mass is 19.3. The predicted octanol–water partition coefficient (Wildman–Crippen LogP) is 3.19. The summed E-state index contributed by atoms with van der Waals surface area (Å²) in [6.45, 7) is 7.34. The van der Waals surface area contributed by atoms with Gasteiger partial charge in [-0.15, -0.1) is 0 Å². The van der Waals surface area contributed by atoms with Gasteiger partial charge in [0.05, 0.1) is 11.4 Å². The van der Waals surface area contributed by atoms with Crippen LogP contribution in [-0.4, -0.2) is 35.7 Å². The minimum absolute atomic E-state index is 0.172. The van der Waals surface area contributed by atoms with Crippen molar-refractivity contribution in [1.29, 1.82) is 0 Å². The molecule has 0 bridgehead atoms. The molecule has 1 fully saturated rings. The number of carbonyl (C=O) groups is 2. The molecule has 0 spiro atoms. The van der Waals surface area contributed by atoms with Gasteiger partial charge in [-0.1, -0.05) is 19.1 Å². The fourth-order valence-corrected chi connectivity index (χ4v) is 2.72. The van der Waals surface area contributed by atoms with Crippen molar-refractivity contribution in [1.82, 2.24) is 5.32 Å². The quantitative estimate of drug-likeness (QED) is 0.432. The third kappa shape index (κ3) is 5.37. The summed E-state index contributed by atoms with van der Waals surface area (Å²) in [4.78, 5) is 26.7. The molecule has 0 aromatic rings. The highest BCUT2D eigenvalue weighted by molar-refractivity contribution is 6.11. The van der Waals surface area contributed by atoms with Gasteiger partial charge in [0.25, 0.3) is 11.8 Å². The summed E-state index contributed by atoms with van der Waals surface area (Å²) >= 11 is 0. The molecule has 1 rings (SSSR count). The lowest BCUT2D eigenvalue weighted by atomic mass is 10.1. The summed E-state index contributed by atoms with van der Waals surface area (Å²) < 4.78 is 27.1. The molecule has 1 saturated carbocycles. The van der Waals surface area contributed by atoms with E-state index in [1.807, 2.05) is 20.8 Å². The summed E-state index contributed by atoms with van der Waals surface area (Å²) in [7, 11) is 1.75. The van der Waals surface area contributed by atoms with Crippen molar-refractivity contribution in [3.8, 4) is 0 Å². The lowest BCUT2D eigenvalue weighted by Crippen LogP contribution is -2.14. The normalized spacial score (nSPS) is 23.5. The molecule has 154 valence electrons. The van der Waals surface area contributed by atoms with Crippen molar-refractivity contribution in [2.24, 2.45) is 22.6 Å². The summed E-state index contributed by atoms with van der Waals surface area (Å²) in [5.41, 5.74) is 9.10. The fourth-order valence-electron chi connectivity index (χ4n) is 2.72. The van der Waals surface area contributed by atoms with Gasteiger partial charge in [-0.25, -0.2) is 13.8 Å². The standard InChI is InChI=1S/C20H27F2N3O3/c1-6-7-8-14(10-9-11(2)12(3)17(24-5)13(4)23)25-18(26)15-16(19(27)28)20(15,21)22/h7-10,15-16,24H,6,23H2,1-5H3,(H,27,28)/b8-7+,10-9-,12-11-,17-13+,25-14?. The van der Waals surface area contributed by atoms with Crippen molar-refractivity contribution in [3.05, 3.63) is 46.8 Å². The average Bonchev–Trinajstić information content (AvgIpc) is 3.19. The van der Waals surface area contributed by atoms with E-state index in [-0.39, 0.29) is 5.71 Å². The number of nitrogens with two attached hydrogens (primary N) is 1. The van der Waals surface area contributed by atoms with Gasteiger partial charge in [-0.2, -0.15) is 0 Å². The Balaban J connectivity index is 3.16. The average molecular weight is 395 g/mol. The van der Waals surface area contributed by atoms with Crippen LogP contribution in [0.1, 0.15) is 34.1 Å². The van der Waals surface area contributed by atoms with Crippen molar-refractivity contribution in [2.75, 3.05) is 7.05 Å². The van der Waals surface area contributed by atoms with Crippen LogP contribution in [0.15, 0.2) is 51.8 Å². The molecule has 0 radical (unpaired) electrons. The number of carboxylic acid groups (broad SMARTS) is 1. The number of nitrogens with one attached hydrogen (secondary N) is 1. The van der Waals surface area contributed by atoms with Gasteiger partial charge in [0.2, 0.25) is 0 Å². The molecular weight excluding hydrogens is 368 g/mol. The van der Waals surface area contributed by atoms with E-state index >= 15 is 0 Å². The molecule has 1 aliphatic carbocycles. The molecule has 0 aromatic carbocycles. The smallest absolute Gasteiger partial charge is 0.313 e. The Bertz CT molecular complexity index is 789. The molecule has 0 saturated heterocycles. The zero-order valence-corrected chi connectivity index (χ0v) is 16.7. The van der Waals surface area contributed by atoms with Gasteiger partial charge < -0.3 is 16.2 Å². The molecule has 1 aliphatic rings. The van der Waals surface area contributed by atoms with Crippen LogP contribution in [0.25, 0.3) is 0 Å². The monoisotopic (exact) mass is 395 g/mol. The van der Waals surface area contributed by atoms with E-state index in [1.165, 1.54) is 12.2 Å². The van der Waals surface area contributed by atoms with E-state index in [1.54, 1.807) is 26.1 Å². The number of likely N-dealkylation sites (N-methyl/N-ethyl adjacent to an activating group) is 1. The van der Waals surface area contributed by atoms with Crippen LogP contribution in [0.5, 0.6) is 0 Å². The number of amides is 1. The van der Waals surface area contributed by atoms with Crippen LogP contribution in [0, 0.1) is 11.8 Å². The Morgan fingerprint density at radius 1 is 1.18 bits per heavy atom. The largest absolute Gasteiger partial charge is 0.481 e. The molecule has 28 heavy (non-hydrogen) atoms. The maximum absolute atomic E-state index is 13.5. The number of halogens is 2. The number of carboxylic acids is 1. The highest BCUT2D eigenvalue weighted by Gasteiger charge is 2.76. The second-order valence-electron chi connectivity index (χ2n) is 6.60. The first-order valence-electron chi connectivity index (χ1n) is 8.88. The topological polar surface area (TPSA) is 105 Å². The summed E-state index contributed by atoms with van der Waals surface area (Å²) in [6, 6.07) is 0. The summed E-state index contributed by atoms with van der Waals surface area (Å²) in [5.74, 6) is -10.3. The zero-order valence-electron chi connectivity index (χ0n) is 16.7. The second-order valence-corrected chi connectivity index (χ2v) is 6.60. The van der Waals surface area contributed by atoms with Crippen LogP contribution < -0.4 is 11.1 Å². The van der Waals surface area contributed by atoms with Crippen molar-refractivity contribution in [3.63, 3.8) is 0 Å². The van der Waals surface area contributed by atoms with Crippen molar-refractivity contribution in [2.45, 2.75) is 40.0 Å². The number of allylic oxidation sites excluding steroid dienone is 7. The van der Waals surface area contributed by atoms with E-state index in [2.05, 4.69) is 10.3 Å². The van der Waals surface area contributed by atoms with Gasteiger partial charge in [-0.05, 0) is 50.5 Å². The van der Waals surface area contributed by atoms with Crippen molar-refractivity contribution < 1.29 is 23.5 Å². The first-order valence-corrected chi connectivity index (χ1v) is 8.88. The molecule has 2 unspecified atom stereocenters. The number of hydrogen-bond donors (Lipinski definition) is 3. The lowest BCUT2D eigenvalue weighted by molar-refractivity contribution is -0.141. The van der Waals surface area contributed by atoms with Crippen LogP contribution in [0.3, 0.4) is 0 Å². The van der Waals surface area contributed by atoms with Crippen LogP contribution >= 0.6 is 0 Å². The van der Waals surface area contributed by atoms with Gasteiger partial charge >= 0.3 is 5.97 Å². The SMILES string of the molecule is CC/C=C/C(\C=C/C(C)=C(C)\C(NC)=C(\C)N)=NC(=O)C1C(C(=O)O)C1(F)F. The Morgan fingerprint density at radius 3 is 2.21 bits per heavy atom. The van der Waals surface area contributed by atoms with Crippen LogP contribution in [-0.2, 0) is 9.59 Å². The molecular formula is C20H27F2N3O3. The predicted molar refractivity (Wildman–Crippen MR) is 105 cm³/mol. The van der Waals surface area contributed by atoms with Crippen LogP contribution in [0.4, 0.5) is 8.78 Å². The Kier molecular flexibility index (Phi) is 7.84. The molecule has 4 N–H and O–H groups in total. The van der Waals surface area contributed by atoms with E-state index in [0.29, 0.717) is 12.1 Å². The third-order valence-electron chi connectivity index (χ3n) is 4.46. The minimum atomic E-state index is -3.56. The first-order chi connectivity index (χ1) is 13.0. The Labute approximate surface area is 163 Å². The summed E-state index contributed by atoms with van der Waals surface area (Å²) in [6.07, 6.45) is 7.15. The number of aliphatic carboxylic acids is 1. The minimum Gasteiger partial charge on any atom is -0.481 e. The van der Waals surface area contributed by atoms with Crippen molar-refractivity contribution >= 4 is 17.6 Å². The van der Waals surface area contributed by atoms with Gasteiger partial charge in [0.15, 0.2) is 0 Å². The van der Waals surface area contributed by atoms with Gasteiger partial charge in [0.1, 0.15) is 11.8 Å². The highest BCUT2D eigenvalue weighted by Crippen LogP contribution is 2.55. The number of carbonyl (C=O) groups excluding carboxylic acids is 1. The maximum atomic E-state index is 13.5. The van der Waals surface area contributed by atoms with Crippen LogP contribution in [0.2, 0.25) is 0 Å². The number of rotatable bonds is 8. The van der Waals surface area contributed by atoms with Gasteiger partial charge in [-0.3, -0.25) is 9.59 Å². The molecule has 0 aromatic heterocycles. The molecule has 2 atom stereocenters. The Morgan fingerprint density at radius 2 is 1.79 bits per heavy atom. The molecule has 1 amide bonds. The number of alkyl halides is 2. The lowest BCUT2D eigenvalue weighted by Gasteiger charge is -2.11. The molecule has 0 heterocycles. The zero-order chi connectivity index (χ0) is 21.6. The van der Waals surface area contributed by atoms with E-state index in [0.717, 1.165) is 16.8 Å². The first kappa shape index (κ1) is 23.3. The molecule has 6 nitrogen and oxygen atoms in total. The Hall–Kier alpha value is -2.77. The second kappa shape index (κ2) is 9.43. The number of aliphatic imine (C=N–C) groups is 1.